The van der Waals surface area contributed by atoms with Crippen LogP contribution in [-0.4, -0.2) is 50.9 Å². The number of rotatable bonds is 5. The average Bonchev–Trinajstić information content (AvgIpc) is 3.45. The fourth-order valence-electron chi connectivity index (χ4n) is 5.78. The Kier molecular flexibility index (Phi) is 6.19. The molecule has 6 rings (SSSR count). The molecule has 40 heavy (non-hydrogen) atoms. The zero-order valence-electron chi connectivity index (χ0n) is 21.7. The number of allylic oxidation sites excluding steroid dienone is 1. The molecule has 1 aromatic heterocycles. The lowest BCUT2D eigenvalue weighted by molar-refractivity contribution is -0.750. The van der Waals surface area contributed by atoms with E-state index >= 15 is 4.39 Å². The molecule has 1 aromatic carbocycles. The highest BCUT2D eigenvalue weighted by Crippen LogP contribution is 2.40. The number of fused-ring (bicyclic) bond motifs is 2. The van der Waals surface area contributed by atoms with Crippen LogP contribution in [0.4, 0.5) is 19.0 Å². The first kappa shape index (κ1) is 26.1. The molecule has 12 heteroatoms. The lowest BCUT2D eigenvalue weighted by Crippen LogP contribution is -2.53. The number of nitrogens with two attached hydrogens (primary N) is 1. The van der Waals surface area contributed by atoms with Gasteiger partial charge in [0.05, 0.1) is 18.0 Å². The van der Waals surface area contributed by atoms with Crippen LogP contribution in [0.1, 0.15) is 54.1 Å². The molecule has 0 radical (unpaired) electrons. The summed E-state index contributed by atoms with van der Waals surface area (Å²) in [6.45, 7) is 1.27. The largest absolute Gasteiger partial charge is 0.339 e. The van der Waals surface area contributed by atoms with Crippen LogP contribution >= 0.6 is 0 Å². The van der Waals surface area contributed by atoms with Crippen LogP contribution in [0.25, 0.3) is 0 Å². The zero-order chi connectivity index (χ0) is 28.2. The predicted octanol–water partition coefficient (Wildman–Crippen LogP) is 4.20. The second-order valence-electron chi connectivity index (χ2n) is 10.5. The standard InChI is InChI=1S/C28H26F3N7O2/c1-28(30,31)18-8-9-34-23(13-18)35-27(40)16-3-6-20(21(29)12-16)26-36-25(22-14-33-10-11-38(22,26)32)17-2-4-19-5-7-24(39)37(19)15-17/h3,6,8-14,17,19H,2,4-5,7,15,32H2,1H3/p+1/t17-,19+,38?/m1/s1. The number of aromatic nitrogens is 1. The summed E-state index contributed by atoms with van der Waals surface area (Å²) in [6, 6.07) is 6.35. The van der Waals surface area contributed by atoms with Crippen LogP contribution < -0.4 is 11.2 Å². The van der Waals surface area contributed by atoms with Gasteiger partial charge in [0.2, 0.25) is 11.6 Å². The van der Waals surface area contributed by atoms with Crippen LogP contribution in [0.2, 0.25) is 0 Å². The molecule has 4 aliphatic rings. The number of benzene rings is 1. The first-order chi connectivity index (χ1) is 19.0. The maximum atomic E-state index is 15.6. The van der Waals surface area contributed by atoms with E-state index in [-0.39, 0.29) is 46.2 Å². The molecule has 2 aromatic rings. The van der Waals surface area contributed by atoms with Gasteiger partial charge >= 0.3 is 0 Å². The number of carbonyl (C=O) groups excluding carboxylic acids is 2. The number of amides is 2. The van der Waals surface area contributed by atoms with Crippen molar-refractivity contribution < 1.29 is 27.4 Å². The number of nitrogens with one attached hydrogen (secondary N) is 1. The molecule has 2 fully saturated rings. The van der Waals surface area contributed by atoms with E-state index in [1.165, 1.54) is 18.3 Å². The molecular weight excluding hydrogens is 523 g/mol. The van der Waals surface area contributed by atoms with Crippen LogP contribution in [0.15, 0.2) is 70.3 Å². The number of piperidine rings is 1. The van der Waals surface area contributed by atoms with Crippen LogP contribution in [-0.2, 0) is 10.7 Å². The molecule has 0 bridgehead atoms. The predicted molar refractivity (Wildman–Crippen MR) is 141 cm³/mol. The van der Waals surface area contributed by atoms with Gasteiger partial charge in [0, 0.05) is 49.2 Å². The summed E-state index contributed by atoms with van der Waals surface area (Å²) >= 11 is 0. The lowest BCUT2D eigenvalue weighted by atomic mass is 9.90. The third-order valence-corrected chi connectivity index (χ3v) is 7.91. The van der Waals surface area contributed by atoms with Crippen molar-refractivity contribution in [2.75, 3.05) is 11.9 Å². The number of pyridine rings is 1. The van der Waals surface area contributed by atoms with Gasteiger partial charge in [-0.1, -0.05) is 0 Å². The molecule has 1 unspecified atom stereocenters. The molecule has 206 valence electrons. The summed E-state index contributed by atoms with van der Waals surface area (Å²) in [5.41, 5.74) is 1.03. The van der Waals surface area contributed by atoms with Gasteiger partial charge in [-0.2, -0.15) is 10.8 Å². The molecule has 2 amide bonds. The fourth-order valence-corrected chi connectivity index (χ4v) is 5.78. The molecule has 0 spiro atoms. The van der Waals surface area contributed by atoms with Crippen LogP contribution in [0.3, 0.4) is 0 Å². The molecule has 4 aliphatic heterocycles. The van der Waals surface area contributed by atoms with Gasteiger partial charge in [-0.25, -0.2) is 18.2 Å². The fraction of sp³-hybridized carbons (Fsp3) is 0.321. The van der Waals surface area contributed by atoms with Crippen molar-refractivity contribution in [3.8, 4) is 0 Å². The summed E-state index contributed by atoms with van der Waals surface area (Å²) < 4.78 is 42.5. The highest BCUT2D eigenvalue weighted by Gasteiger charge is 2.48. The average molecular weight is 551 g/mol. The highest BCUT2D eigenvalue weighted by atomic mass is 19.3. The SMILES string of the molecule is CC(F)(F)c1ccnc(NC(=O)c2ccc(C3=NC([C@@H]4CC[C@H]5CCC(=O)N5C4)=C4C=NC=C[N+]34N)c(F)c2)c1. The number of halogens is 3. The van der Waals surface area contributed by atoms with Crippen molar-refractivity contribution in [1.29, 1.82) is 0 Å². The van der Waals surface area contributed by atoms with E-state index in [2.05, 4.69) is 15.3 Å². The molecule has 2 saturated heterocycles. The Balaban J connectivity index is 1.28. The number of alkyl halides is 2. The minimum absolute atomic E-state index is 0.0334. The van der Waals surface area contributed by atoms with Gasteiger partial charge in [0.1, 0.15) is 23.5 Å². The number of quaternary nitrogens is 1. The van der Waals surface area contributed by atoms with E-state index in [0.717, 1.165) is 50.6 Å². The molecule has 0 aliphatic carbocycles. The van der Waals surface area contributed by atoms with Gasteiger partial charge in [-0.15, -0.1) is 4.59 Å². The molecule has 3 atom stereocenters. The van der Waals surface area contributed by atoms with E-state index in [1.54, 1.807) is 12.4 Å². The Morgan fingerprint density at radius 3 is 2.80 bits per heavy atom. The summed E-state index contributed by atoms with van der Waals surface area (Å²) in [4.78, 5) is 40.1. The number of aliphatic imine (C=N–C) groups is 2. The van der Waals surface area contributed by atoms with Gasteiger partial charge in [0.15, 0.2) is 0 Å². The summed E-state index contributed by atoms with van der Waals surface area (Å²) in [5.74, 6) is 2.43. The molecular formula is C28H27F3N7O2+. The summed E-state index contributed by atoms with van der Waals surface area (Å²) in [7, 11) is 0. The highest BCUT2D eigenvalue weighted by molar-refractivity contribution is 6.05. The number of hydrogen-bond donors (Lipinski definition) is 2. The first-order valence-electron chi connectivity index (χ1n) is 13.0. The Labute approximate surface area is 228 Å². The van der Waals surface area contributed by atoms with Crippen molar-refractivity contribution in [1.82, 2.24) is 9.88 Å². The topological polar surface area (TPSA) is 113 Å². The van der Waals surface area contributed by atoms with Crippen molar-refractivity contribution in [2.45, 2.75) is 44.6 Å². The van der Waals surface area contributed by atoms with Crippen molar-refractivity contribution >= 4 is 29.7 Å². The Morgan fingerprint density at radius 2 is 2.02 bits per heavy atom. The summed E-state index contributed by atoms with van der Waals surface area (Å²) in [5, 5.41) is 2.43. The molecule has 3 N–H and O–H groups in total. The minimum Gasteiger partial charge on any atom is -0.339 e. The maximum Gasteiger partial charge on any atom is 0.270 e. The lowest BCUT2D eigenvalue weighted by Gasteiger charge is -2.35. The van der Waals surface area contributed by atoms with E-state index < -0.39 is 22.2 Å². The molecule has 0 saturated carbocycles. The number of anilines is 1. The third-order valence-electron chi connectivity index (χ3n) is 7.91. The maximum absolute atomic E-state index is 15.6. The second-order valence-corrected chi connectivity index (χ2v) is 10.5. The van der Waals surface area contributed by atoms with Gasteiger partial charge < -0.3 is 10.2 Å². The van der Waals surface area contributed by atoms with Crippen molar-refractivity contribution in [3.05, 3.63) is 82.8 Å². The van der Waals surface area contributed by atoms with Crippen LogP contribution in [0, 0.1) is 11.7 Å². The number of hydrogen-bond acceptors (Lipinski definition) is 6. The number of amidine groups is 1. The van der Waals surface area contributed by atoms with Crippen LogP contribution in [0.5, 0.6) is 0 Å². The van der Waals surface area contributed by atoms with Gasteiger partial charge in [-0.05, 0) is 49.6 Å². The van der Waals surface area contributed by atoms with Crippen molar-refractivity contribution in [3.63, 3.8) is 0 Å². The van der Waals surface area contributed by atoms with E-state index in [1.807, 2.05) is 4.90 Å². The van der Waals surface area contributed by atoms with E-state index in [4.69, 9.17) is 10.8 Å². The first-order valence-corrected chi connectivity index (χ1v) is 13.0. The van der Waals surface area contributed by atoms with Gasteiger partial charge in [-0.3, -0.25) is 14.6 Å². The Hall–Kier alpha value is -4.16. The number of nitrogens with zero attached hydrogens (tertiary/aromatic N) is 5. The Bertz CT molecular complexity index is 1540. The molecule has 5 heterocycles. The zero-order valence-corrected chi connectivity index (χ0v) is 21.7. The second kappa shape index (κ2) is 9.49. The van der Waals surface area contributed by atoms with Gasteiger partial charge in [0.25, 0.3) is 17.7 Å². The monoisotopic (exact) mass is 550 g/mol. The normalized spacial score (nSPS) is 25.7. The molecule has 9 nitrogen and oxygen atoms in total. The van der Waals surface area contributed by atoms with Crippen molar-refractivity contribution in [2.24, 2.45) is 21.7 Å². The summed E-state index contributed by atoms with van der Waals surface area (Å²) in [6.07, 6.45) is 9.01. The quantitative estimate of drug-likeness (QED) is 0.429. The third kappa shape index (κ3) is 4.42. The minimum atomic E-state index is -3.11. The van der Waals surface area contributed by atoms with E-state index in [9.17, 15) is 18.4 Å². The number of carbonyl (C=O) groups is 2. The smallest absolute Gasteiger partial charge is 0.270 e. The Morgan fingerprint density at radius 1 is 1.20 bits per heavy atom. The van der Waals surface area contributed by atoms with E-state index in [0.29, 0.717) is 24.4 Å².